The van der Waals surface area contributed by atoms with Crippen LogP contribution in [0.25, 0.3) is 0 Å². The van der Waals surface area contributed by atoms with Gasteiger partial charge in [0, 0.05) is 51.8 Å². The molecule has 6 nitrogen and oxygen atoms in total. The van der Waals surface area contributed by atoms with Gasteiger partial charge in [-0.15, -0.1) is 0 Å². The number of halogens is 1. The second-order valence-electron chi connectivity index (χ2n) is 7.62. The third-order valence-corrected chi connectivity index (χ3v) is 5.57. The van der Waals surface area contributed by atoms with Gasteiger partial charge in [-0.05, 0) is 36.8 Å². The number of hydrogen-bond donors (Lipinski definition) is 1. The summed E-state index contributed by atoms with van der Waals surface area (Å²) in [7, 11) is 5.26. The predicted octanol–water partition coefficient (Wildman–Crippen LogP) is 4.20. The summed E-state index contributed by atoms with van der Waals surface area (Å²) in [6, 6.07) is 11.7. The van der Waals surface area contributed by atoms with E-state index < -0.39 is 0 Å². The van der Waals surface area contributed by atoms with E-state index in [0.717, 1.165) is 62.0 Å². The Bertz CT molecular complexity index is 880. The van der Waals surface area contributed by atoms with E-state index in [2.05, 4.69) is 28.1 Å². The summed E-state index contributed by atoms with van der Waals surface area (Å²) in [5.74, 6) is 0.842. The average Bonchev–Trinajstić information content (AvgIpc) is 2.77. The van der Waals surface area contributed by atoms with Gasteiger partial charge in [-0.25, -0.2) is 0 Å². The van der Waals surface area contributed by atoms with Crippen LogP contribution < -0.4 is 19.9 Å². The third-order valence-electron chi connectivity index (χ3n) is 5.33. The molecular formula is C23H31ClN4O2. The van der Waals surface area contributed by atoms with Crippen LogP contribution in [0.4, 0.5) is 17.1 Å². The Morgan fingerprint density at radius 2 is 1.77 bits per heavy atom. The topological polar surface area (TPSA) is 48.1 Å². The van der Waals surface area contributed by atoms with E-state index in [-0.39, 0.29) is 5.91 Å². The summed E-state index contributed by atoms with van der Waals surface area (Å²) in [5, 5.41) is 4.20. The maximum Gasteiger partial charge on any atom is 0.255 e. The van der Waals surface area contributed by atoms with Crippen LogP contribution in [0.1, 0.15) is 23.7 Å². The molecule has 0 radical (unpaired) electrons. The molecule has 1 N–H and O–H groups in total. The minimum Gasteiger partial charge on any atom is -0.495 e. The summed E-state index contributed by atoms with van der Waals surface area (Å²) in [6.45, 7) is 6.32. The molecule has 0 bridgehead atoms. The van der Waals surface area contributed by atoms with Crippen LogP contribution in [-0.4, -0.2) is 64.7 Å². The lowest BCUT2D eigenvalue weighted by molar-refractivity contribution is 0.0828. The minimum absolute atomic E-state index is 0.0118. The van der Waals surface area contributed by atoms with Crippen molar-refractivity contribution in [3.05, 3.63) is 47.0 Å². The van der Waals surface area contributed by atoms with Crippen molar-refractivity contribution >= 4 is 34.6 Å². The molecule has 0 spiro atoms. The minimum atomic E-state index is 0.0118. The molecule has 0 saturated carbocycles. The molecule has 2 aromatic rings. The van der Waals surface area contributed by atoms with Gasteiger partial charge in [-0.3, -0.25) is 4.79 Å². The molecular weight excluding hydrogens is 400 g/mol. The van der Waals surface area contributed by atoms with E-state index in [9.17, 15) is 4.79 Å². The van der Waals surface area contributed by atoms with Gasteiger partial charge in [0.25, 0.3) is 5.91 Å². The zero-order chi connectivity index (χ0) is 21.7. The number of amides is 1. The number of nitrogens with zero attached hydrogens (tertiary/aromatic N) is 3. The SMILES string of the molecule is CCCNc1c(C(=O)N(C)C)cccc1N1CCN(c2cc(Cl)ccc2OC)CC1. The molecule has 30 heavy (non-hydrogen) atoms. The van der Waals surface area contributed by atoms with Crippen molar-refractivity contribution in [1.82, 2.24) is 4.90 Å². The first-order valence-corrected chi connectivity index (χ1v) is 10.8. The lowest BCUT2D eigenvalue weighted by Crippen LogP contribution is -2.47. The number of para-hydroxylation sites is 1. The lowest BCUT2D eigenvalue weighted by Gasteiger charge is -2.39. The smallest absolute Gasteiger partial charge is 0.255 e. The number of benzene rings is 2. The predicted molar refractivity (Wildman–Crippen MR) is 126 cm³/mol. The molecule has 1 heterocycles. The number of carbonyl (C=O) groups excluding carboxylic acids is 1. The van der Waals surface area contributed by atoms with Crippen molar-refractivity contribution in [3.8, 4) is 5.75 Å². The standard InChI is InChI=1S/C23H31ClN4O2/c1-5-11-25-22-18(23(29)26(2)3)7-6-8-19(22)27-12-14-28(15-13-27)20-16-17(24)9-10-21(20)30-4/h6-10,16,25H,5,11-15H2,1-4H3. The Kier molecular flexibility index (Phi) is 7.32. The van der Waals surface area contributed by atoms with Crippen molar-refractivity contribution in [3.63, 3.8) is 0 Å². The number of methoxy groups -OCH3 is 1. The Balaban J connectivity index is 1.84. The van der Waals surface area contributed by atoms with Crippen molar-refractivity contribution < 1.29 is 9.53 Å². The number of nitrogens with one attached hydrogen (secondary N) is 1. The average molecular weight is 431 g/mol. The normalized spacial score (nSPS) is 13.9. The fraction of sp³-hybridized carbons (Fsp3) is 0.435. The Labute approximate surface area is 184 Å². The molecule has 1 aliphatic heterocycles. The third kappa shape index (κ3) is 4.75. The van der Waals surface area contributed by atoms with Gasteiger partial charge in [-0.2, -0.15) is 0 Å². The van der Waals surface area contributed by atoms with E-state index in [4.69, 9.17) is 16.3 Å². The second kappa shape index (κ2) is 9.94. The molecule has 1 aliphatic rings. The fourth-order valence-corrected chi connectivity index (χ4v) is 3.92. The summed E-state index contributed by atoms with van der Waals surface area (Å²) < 4.78 is 5.53. The molecule has 1 fully saturated rings. The van der Waals surface area contributed by atoms with Crippen LogP contribution >= 0.6 is 11.6 Å². The van der Waals surface area contributed by atoms with Crippen molar-refractivity contribution in [1.29, 1.82) is 0 Å². The maximum absolute atomic E-state index is 12.7. The number of hydrogen-bond acceptors (Lipinski definition) is 5. The zero-order valence-electron chi connectivity index (χ0n) is 18.2. The lowest BCUT2D eigenvalue weighted by atomic mass is 10.1. The highest BCUT2D eigenvalue weighted by atomic mass is 35.5. The number of rotatable bonds is 7. The van der Waals surface area contributed by atoms with Crippen LogP contribution in [0.2, 0.25) is 5.02 Å². The highest BCUT2D eigenvalue weighted by molar-refractivity contribution is 6.31. The van der Waals surface area contributed by atoms with E-state index in [1.165, 1.54) is 0 Å². The van der Waals surface area contributed by atoms with Gasteiger partial charge in [-0.1, -0.05) is 24.6 Å². The molecule has 2 aromatic carbocycles. The molecule has 1 saturated heterocycles. The number of anilines is 3. The van der Waals surface area contributed by atoms with Gasteiger partial charge in [0.2, 0.25) is 0 Å². The van der Waals surface area contributed by atoms with Crippen molar-refractivity contribution in [2.45, 2.75) is 13.3 Å². The largest absolute Gasteiger partial charge is 0.495 e. The van der Waals surface area contributed by atoms with E-state index >= 15 is 0 Å². The number of piperazine rings is 1. The van der Waals surface area contributed by atoms with Crippen LogP contribution in [0, 0.1) is 0 Å². The van der Waals surface area contributed by atoms with E-state index in [1.807, 2.05) is 30.3 Å². The van der Waals surface area contributed by atoms with Crippen LogP contribution in [0.15, 0.2) is 36.4 Å². The summed E-state index contributed by atoms with van der Waals surface area (Å²) in [5.41, 5.74) is 3.73. The van der Waals surface area contributed by atoms with E-state index in [0.29, 0.717) is 10.6 Å². The molecule has 0 atom stereocenters. The summed E-state index contributed by atoms with van der Waals surface area (Å²) in [4.78, 5) is 19.0. The molecule has 0 unspecified atom stereocenters. The van der Waals surface area contributed by atoms with Crippen LogP contribution in [0.5, 0.6) is 5.75 Å². The van der Waals surface area contributed by atoms with Gasteiger partial charge >= 0.3 is 0 Å². The monoisotopic (exact) mass is 430 g/mol. The molecule has 162 valence electrons. The molecule has 1 amide bonds. The maximum atomic E-state index is 12.7. The molecule has 3 rings (SSSR count). The first kappa shape index (κ1) is 22.1. The zero-order valence-corrected chi connectivity index (χ0v) is 19.0. The first-order chi connectivity index (χ1) is 14.5. The van der Waals surface area contributed by atoms with Crippen LogP contribution in [-0.2, 0) is 0 Å². The summed E-state index contributed by atoms with van der Waals surface area (Å²) in [6.07, 6.45) is 0.992. The number of carbonyl (C=O) groups is 1. The second-order valence-corrected chi connectivity index (χ2v) is 8.05. The van der Waals surface area contributed by atoms with Crippen molar-refractivity contribution in [2.24, 2.45) is 0 Å². The van der Waals surface area contributed by atoms with Gasteiger partial charge in [0.1, 0.15) is 5.75 Å². The fourth-order valence-electron chi connectivity index (χ4n) is 3.76. The molecule has 7 heteroatoms. The number of ether oxygens (including phenoxy) is 1. The highest BCUT2D eigenvalue weighted by Gasteiger charge is 2.24. The van der Waals surface area contributed by atoms with Gasteiger partial charge < -0.3 is 24.8 Å². The van der Waals surface area contributed by atoms with Crippen LogP contribution in [0.3, 0.4) is 0 Å². The van der Waals surface area contributed by atoms with Gasteiger partial charge in [0.15, 0.2) is 0 Å². The Hall–Kier alpha value is -2.60. The van der Waals surface area contributed by atoms with Crippen molar-refractivity contribution in [2.75, 3.05) is 69.0 Å². The molecule has 0 aliphatic carbocycles. The first-order valence-electron chi connectivity index (χ1n) is 10.4. The quantitative estimate of drug-likeness (QED) is 0.713. The van der Waals surface area contributed by atoms with Gasteiger partial charge in [0.05, 0.1) is 29.7 Å². The Morgan fingerprint density at radius 1 is 1.10 bits per heavy atom. The molecule has 0 aromatic heterocycles. The highest BCUT2D eigenvalue weighted by Crippen LogP contribution is 2.35. The summed E-state index contributed by atoms with van der Waals surface area (Å²) >= 11 is 6.22. The van der Waals surface area contributed by atoms with E-state index in [1.54, 1.807) is 26.1 Å². The Morgan fingerprint density at radius 3 is 2.37 bits per heavy atom.